The van der Waals surface area contributed by atoms with Crippen molar-refractivity contribution in [3.63, 3.8) is 0 Å². The van der Waals surface area contributed by atoms with Gasteiger partial charge in [-0.05, 0) is 24.3 Å². The summed E-state index contributed by atoms with van der Waals surface area (Å²) in [5, 5.41) is 2.51. The van der Waals surface area contributed by atoms with Crippen LogP contribution in [0.5, 0.6) is 0 Å². The average Bonchev–Trinajstić information content (AvgIpc) is 3.08. The predicted molar refractivity (Wildman–Crippen MR) is 77.3 cm³/mol. The number of ketones is 1. The van der Waals surface area contributed by atoms with Crippen molar-refractivity contribution in [3.05, 3.63) is 21.3 Å². The Morgan fingerprint density at radius 2 is 2.00 bits per heavy atom. The van der Waals surface area contributed by atoms with Gasteiger partial charge in [0.25, 0.3) is 0 Å². The van der Waals surface area contributed by atoms with Gasteiger partial charge in [0, 0.05) is 13.1 Å². The number of ether oxygens (including phenoxy) is 1. The fraction of sp³-hybridized carbons (Fsp3) is 0.643. The molecule has 3 nitrogen and oxygen atoms in total. The molecule has 1 saturated heterocycles. The summed E-state index contributed by atoms with van der Waals surface area (Å²) in [7, 11) is 0. The van der Waals surface area contributed by atoms with E-state index in [1.165, 1.54) is 11.3 Å². The molecule has 1 aliphatic carbocycles. The quantitative estimate of drug-likeness (QED) is 0.803. The number of rotatable bonds is 3. The monoisotopic (exact) mass is 299 g/mol. The summed E-state index contributed by atoms with van der Waals surface area (Å²) in [6.07, 6.45) is 4.18. The fourth-order valence-corrected chi connectivity index (χ4v) is 4.48. The zero-order valence-corrected chi connectivity index (χ0v) is 12.4. The van der Waals surface area contributed by atoms with E-state index in [-0.39, 0.29) is 11.3 Å². The molecule has 0 amide bonds. The van der Waals surface area contributed by atoms with E-state index in [4.69, 9.17) is 16.3 Å². The zero-order valence-electron chi connectivity index (χ0n) is 10.9. The molecule has 3 rings (SSSR count). The highest BCUT2D eigenvalue weighted by atomic mass is 35.5. The van der Waals surface area contributed by atoms with Crippen molar-refractivity contribution in [1.82, 2.24) is 4.90 Å². The first-order chi connectivity index (χ1) is 9.24. The van der Waals surface area contributed by atoms with Crippen LogP contribution in [0.4, 0.5) is 0 Å². The Morgan fingerprint density at radius 1 is 1.32 bits per heavy atom. The first-order valence-electron chi connectivity index (χ1n) is 6.85. The van der Waals surface area contributed by atoms with Crippen LogP contribution in [0, 0.1) is 0 Å². The van der Waals surface area contributed by atoms with Crippen LogP contribution in [0.3, 0.4) is 0 Å². The van der Waals surface area contributed by atoms with E-state index in [2.05, 4.69) is 4.90 Å². The Morgan fingerprint density at radius 3 is 2.58 bits per heavy atom. The summed E-state index contributed by atoms with van der Waals surface area (Å²) in [4.78, 5) is 16.1. The highest BCUT2D eigenvalue weighted by Crippen LogP contribution is 2.40. The highest BCUT2D eigenvalue weighted by molar-refractivity contribution is 7.12. The van der Waals surface area contributed by atoms with Gasteiger partial charge in [0.1, 0.15) is 0 Å². The van der Waals surface area contributed by atoms with Crippen molar-refractivity contribution in [3.8, 4) is 0 Å². The number of halogens is 1. The highest BCUT2D eigenvalue weighted by Gasteiger charge is 2.47. The van der Waals surface area contributed by atoms with E-state index in [1.54, 1.807) is 0 Å². The van der Waals surface area contributed by atoms with Gasteiger partial charge in [-0.1, -0.05) is 24.4 Å². The summed E-state index contributed by atoms with van der Waals surface area (Å²) < 4.78 is 5.42. The molecule has 1 aromatic heterocycles. The molecule has 0 radical (unpaired) electrons. The summed E-state index contributed by atoms with van der Waals surface area (Å²) in [6, 6.07) is 1.82. The SMILES string of the molecule is O=C(c1sccc1Cl)C1(N2CCOCC2)CCCC1. The number of hydrogen-bond donors (Lipinski definition) is 0. The van der Waals surface area contributed by atoms with Crippen LogP contribution in [0.1, 0.15) is 35.4 Å². The minimum Gasteiger partial charge on any atom is -0.379 e. The molecule has 2 heterocycles. The molecule has 0 bridgehead atoms. The van der Waals surface area contributed by atoms with Gasteiger partial charge in [-0.2, -0.15) is 0 Å². The topological polar surface area (TPSA) is 29.5 Å². The number of Topliss-reactive ketones (excluding diaryl/α,β-unsaturated/α-hetero) is 1. The van der Waals surface area contributed by atoms with Crippen LogP contribution in [0.25, 0.3) is 0 Å². The maximum Gasteiger partial charge on any atom is 0.194 e. The first kappa shape index (κ1) is 13.6. The number of hydrogen-bond acceptors (Lipinski definition) is 4. The van der Waals surface area contributed by atoms with Crippen molar-refractivity contribution < 1.29 is 9.53 Å². The maximum absolute atomic E-state index is 13.0. The van der Waals surface area contributed by atoms with Crippen LogP contribution in [0.15, 0.2) is 11.4 Å². The van der Waals surface area contributed by atoms with Crippen molar-refractivity contribution in [2.24, 2.45) is 0 Å². The fourth-order valence-electron chi connectivity index (χ4n) is 3.31. The summed E-state index contributed by atoms with van der Waals surface area (Å²) in [5.74, 6) is 0.229. The second kappa shape index (κ2) is 5.52. The van der Waals surface area contributed by atoms with Gasteiger partial charge in [0.05, 0.1) is 28.7 Å². The Bertz CT molecular complexity index is 462. The van der Waals surface area contributed by atoms with E-state index in [0.29, 0.717) is 5.02 Å². The van der Waals surface area contributed by atoms with E-state index >= 15 is 0 Å². The van der Waals surface area contributed by atoms with Crippen molar-refractivity contribution in [2.45, 2.75) is 31.2 Å². The number of thiophene rings is 1. The van der Waals surface area contributed by atoms with E-state index in [1.807, 2.05) is 11.4 Å². The molecular weight excluding hydrogens is 282 g/mol. The van der Waals surface area contributed by atoms with Crippen molar-refractivity contribution in [2.75, 3.05) is 26.3 Å². The third kappa shape index (κ3) is 2.35. The lowest BCUT2D eigenvalue weighted by Gasteiger charge is -2.42. The Kier molecular flexibility index (Phi) is 3.94. The van der Waals surface area contributed by atoms with Gasteiger partial charge in [0.15, 0.2) is 5.78 Å². The number of carbonyl (C=O) groups is 1. The molecule has 0 aromatic carbocycles. The van der Waals surface area contributed by atoms with Crippen molar-refractivity contribution in [1.29, 1.82) is 0 Å². The molecule has 2 fully saturated rings. The van der Waals surface area contributed by atoms with Gasteiger partial charge < -0.3 is 4.74 Å². The number of nitrogens with zero attached hydrogens (tertiary/aromatic N) is 1. The molecule has 5 heteroatoms. The zero-order chi connectivity index (χ0) is 13.3. The lowest BCUT2D eigenvalue weighted by atomic mass is 9.88. The molecule has 0 N–H and O–H groups in total. The standard InChI is InChI=1S/C14H18ClNO2S/c15-11-3-10-19-12(11)13(17)14(4-1-2-5-14)16-6-8-18-9-7-16/h3,10H,1-2,4-9H2. The minimum absolute atomic E-state index is 0.229. The molecule has 2 aliphatic rings. The lowest BCUT2D eigenvalue weighted by Crippen LogP contribution is -2.56. The normalized spacial score (nSPS) is 23.6. The van der Waals surface area contributed by atoms with Gasteiger partial charge in [-0.15, -0.1) is 11.3 Å². The lowest BCUT2D eigenvalue weighted by molar-refractivity contribution is -0.0128. The Hall–Kier alpha value is -0.420. The minimum atomic E-state index is -0.321. The molecule has 1 aromatic rings. The first-order valence-corrected chi connectivity index (χ1v) is 8.10. The maximum atomic E-state index is 13.0. The smallest absolute Gasteiger partial charge is 0.194 e. The van der Waals surface area contributed by atoms with Crippen LogP contribution in [0.2, 0.25) is 5.02 Å². The van der Waals surface area contributed by atoms with Crippen LogP contribution in [-0.4, -0.2) is 42.5 Å². The largest absolute Gasteiger partial charge is 0.379 e. The second-order valence-electron chi connectivity index (χ2n) is 5.26. The van der Waals surface area contributed by atoms with Crippen LogP contribution in [-0.2, 0) is 4.74 Å². The van der Waals surface area contributed by atoms with Gasteiger partial charge in [-0.3, -0.25) is 9.69 Å². The predicted octanol–water partition coefficient (Wildman–Crippen LogP) is 3.23. The Balaban J connectivity index is 1.91. The average molecular weight is 300 g/mol. The van der Waals surface area contributed by atoms with Crippen molar-refractivity contribution >= 4 is 28.7 Å². The Labute approximate surface area is 122 Å². The molecule has 1 aliphatic heterocycles. The molecule has 104 valence electrons. The van der Waals surface area contributed by atoms with E-state index < -0.39 is 0 Å². The molecule has 0 unspecified atom stereocenters. The molecular formula is C14H18ClNO2S. The summed E-state index contributed by atoms with van der Waals surface area (Å²) in [6.45, 7) is 3.17. The molecule has 19 heavy (non-hydrogen) atoms. The number of morpholine rings is 1. The van der Waals surface area contributed by atoms with E-state index in [0.717, 1.165) is 56.9 Å². The van der Waals surface area contributed by atoms with Crippen LogP contribution >= 0.6 is 22.9 Å². The van der Waals surface area contributed by atoms with E-state index in [9.17, 15) is 4.79 Å². The molecule has 1 saturated carbocycles. The second-order valence-corrected chi connectivity index (χ2v) is 6.59. The van der Waals surface area contributed by atoms with Gasteiger partial charge in [0.2, 0.25) is 0 Å². The molecule has 0 atom stereocenters. The summed E-state index contributed by atoms with van der Waals surface area (Å²) in [5.41, 5.74) is -0.321. The third-order valence-corrected chi connectivity index (χ3v) is 5.63. The van der Waals surface area contributed by atoms with Gasteiger partial charge in [-0.25, -0.2) is 0 Å². The van der Waals surface area contributed by atoms with Gasteiger partial charge >= 0.3 is 0 Å². The summed E-state index contributed by atoms with van der Waals surface area (Å²) >= 11 is 7.63. The van der Waals surface area contributed by atoms with Crippen LogP contribution < -0.4 is 0 Å². The molecule has 0 spiro atoms. The third-order valence-electron chi connectivity index (χ3n) is 4.29. The number of carbonyl (C=O) groups excluding carboxylic acids is 1.